The summed E-state index contributed by atoms with van der Waals surface area (Å²) in [6, 6.07) is 73.4. The highest BCUT2D eigenvalue weighted by Crippen LogP contribution is 2.46. The monoisotopic (exact) mass is 997 g/mol. The maximum atomic E-state index is 16.5. The molecule has 0 radical (unpaired) electrons. The molecule has 10 heteroatoms. The van der Waals surface area contributed by atoms with Gasteiger partial charge < -0.3 is 23.5 Å². The molecule has 76 heavy (non-hydrogen) atoms. The van der Waals surface area contributed by atoms with Crippen LogP contribution in [0, 0.1) is 29.1 Å². The van der Waals surface area contributed by atoms with Gasteiger partial charge in [0.15, 0.2) is 0 Å². The predicted octanol–water partition coefficient (Wildman–Crippen LogP) is 18.6. The van der Waals surface area contributed by atoms with Crippen LogP contribution in [0.3, 0.4) is 0 Å². The normalized spacial score (nSPS) is 11.8. The van der Waals surface area contributed by atoms with Gasteiger partial charge in [-0.2, -0.15) is 0 Å². The van der Waals surface area contributed by atoms with Crippen molar-refractivity contribution in [1.29, 1.82) is 0 Å². The van der Waals surface area contributed by atoms with Crippen molar-refractivity contribution in [2.24, 2.45) is 0 Å². The second kappa shape index (κ2) is 17.6. The van der Waals surface area contributed by atoms with Crippen LogP contribution in [-0.2, 0) is 0 Å². The Morgan fingerprint density at radius 3 is 0.908 bits per heavy atom. The Labute approximate surface area is 432 Å². The molecule has 5 nitrogen and oxygen atoms in total. The molecule has 0 bridgehead atoms. The lowest BCUT2D eigenvalue weighted by Crippen LogP contribution is -2.12. The van der Waals surface area contributed by atoms with Gasteiger partial charge in [0.2, 0.25) is 0 Å². The largest absolute Gasteiger partial charge is 0.309 e. The highest BCUT2D eigenvalue weighted by Gasteiger charge is 2.25. The predicted molar refractivity (Wildman–Crippen MR) is 299 cm³/mol. The number of fused-ring (bicyclic) bond motifs is 9. The summed E-state index contributed by atoms with van der Waals surface area (Å²) in [6.45, 7) is 0. The maximum absolute atomic E-state index is 16.5. The Morgan fingerprint density at radius 1 is 0.237 bits per heavy atom. The van der Waals surface area contributed by atoms with Crippen molar-refractivity contribution in [2.75, 3.05) is 9.80 Å². The number of rotatable bonds is 9. The number of anilines is 6. The van der Waals surface area contributed by atoms with Crippen molar-refractivity contribution in [3.8, 4) is 17.1 Å². The lowest BCUT2D eigenvalue weighted by molar-refractivity contribution is 0.583. The molecule has 0 saturated heterocycles. The Balaban J connectivity index is 1.00. The second-order valence-electron chi connectivity index (χ2n) is 18.9. The fourth-order valence-electron chi connectivity index (χ4n) is 11.2. The van der Waals surface area contributed by atoms with Crippen molar-refractivity contribution in [1.82, 2.24) is 13.7 Å². The van der Waals surface area contributed by atoms with Crippen LogP contribution < -0.4 is 9.80 Å². The standard InChI is InChI=1S/C66H40F5N5/c67-41-19-23-46(24-20-41)76-63-33-27-49(72(65-29-21-42(68)35-57(65)70)47-25-31-61-53(37-47)51-15-7-9-17-59(51)74(61)44-11-3-1-4-12-44)39-55(63)56-40-50(28-34-64(56)76)73(66-30-22-43(69)36-58(66)71)48-26-32-62-54(38-48)52-16-8-10-18-60(52)75(62)45-13-5-2-6-14-45/h1-40H. The first kappa shape index (κ1) is 44.7. The van der Waals surface area contributed by atoms with Crippen LogP contribution in [0.2, 0.25) is 0 Å². The first-order chi connectivity index (χ1) is 37.3. The smallest absolute Gasteiger partial charge is 0.150 e. The van der Waals surface area contributed by atoms with E-state index in [9.17, 15) is 13.2 Å². The molecule has 0 N–H and O–H groups in total. The Hall–Kier alpha value is -9.93. The molecular formula is C66H40F5N5. The van der Waals surface area contributed by atoms with E-state index in [1.54, 1.807) is 21.9 Å². The molecule has 0 unspecified atom stereocenters. The molecule has 0 fully saturated rings. The van der Waals surface area contributed by atoms with Crippen molar-refractivity contribution >= 4 is 99.5 Å². The maximum Gasteiger partial charge on any atom is 0.150 e. The van der Waals surface area contributed by atoms with Gasteiger partial charge >= 0.3 is 0 Å². The van der Waals surface area contributed by atoms with Crippen LogP contribution in [-0.4, -0.2) is 13.7 Å². The molecule has 0 spiro atoms. The number of benzene rings is 11. The summed E-state index contributed by atoms with van der Waals surface area (Å²) in [7, 11) is 0. The lowest BCUT2D eigenvalue weighted by Gasteiger charge is -2.26. The van der Waals surface area contributed by atoms with Crippen molar-refractivity contribution in [3.05, 3.63) is 272 Å². The van der Waals surface area contributed by atoms with Crippen LogP contribution in [0.5, 0.6) is 0 Å². The number of nitrogens with zero attached hydrogens (tertiary/aromatic N) is 5. The van der Waals surface area contributed by atoms with Crippen LogP contribution in [0.25, 0.3) is 82.5 Å². The molecule has 14 aromatic rings. The first-order valence-electron chi connectivity index (χ1n) is 24.8. The van der Waals surface area contributed by atoms with E-state index in [4.69, 9.17) is 0 Å². The molecular weight excluding hydrogens is 958 g/mol. The Morgan fingerprint density at radius 2 is 0.539 bits per heavy atom. The zero-order valence-corrected chi connectivity index (χ0v) is 40.2. The van der Waals surface area contributed by atoms with E-state index < -0.39 is 29.1 Å². The highest BCUT2D eigenvalue weighted by molar-refractivity contribution is 6.14. The molecule has 0 aliphatic heterocycles. The van der Waals surface area contributed by atoms with E-state index in [1.807, 2.05) is 138 Å². The molecule has 11 aromatic carbocycles. The van der Waals surface area contributed by atoms with Crippen LogP contribution in [0.1, 0.15) is 0 Å². The number of hydrogen-bond acceptors (Lipinski definition) is 2. The third-order valence-electron chi connectivity index (χ3n) is 14.5. The van der Waals surface area contributed by atoms with E-state index in [2.05, 4.69) is 57.7 Å². The molecule has 3 heterocycles. The zero-order valence-electron chi connectivity index (χ0n) is 40.2. The summed E-state index contributed by atoms with van der Waals surface area (Å²) in [4.78, 5) is 3.57. The van der Waals surface area contributed by atoms with E-state index in [0.717, 1.165) is 88.9 Å². The summed E-state index contributed by atoms with van der Waals surface area (Å²) in [5.74, 6) is -3.34. The second-order valence-corrected chi connectivity index (χ2v) is 18.9. The number of aromatic nitrogens is 3. The third kappa shape index (κ3) is 7.21. The summed E-state index contributed by atoms with van der Waals surface area (Å²) >= 11 is 0. The Bertz CT molecular complexity index is 4330. The minimum atomic E-state index is -0.760. The van der Waals surface area contributed by atoms with Crippen molar-refractivity contribution < 1.29 is 22.0 Å². The van der Waals surface area contributed by atoms with Gasteiger partial charge in [-0.3, -0.25) is 0 Å². The van der Waals surface area contributed by atoms with Gasteiger partial charge in [-0.05, 0) is 158 Å². The summed E-state index contributed by atoms with van der Waals surface area (Å²) in [5.41, 5.74) is 10.7. The third-order valence-corrected chi connectivity index (χ3v) is 14.5. The number of hydrogen-bond donors (Lipinski definition) is 0. The van der Waals surface area contributed by atoms with Gasteiger partial charge in [0.1, 0.15) is 29.1 Å². The fourth-order valence-corrected chi connectivity index (χ4v) is 11.2. The molecule has 3 aromatic heterocycles. The molecule has 364 valence electrons. The van der Waals surface area contributed by atoms with Crippen LogP contribution in [0.15, 0.2) is 243 Å². The van der Waals surface area contributed by atoms with Gasteiger partial charge in [0.05, 0.1) is 44.5 Å². The van der Waals surface area contributed by atoms with Gasteiger partial charge in [0.25, 0.3) is 0 Å². The molecule has 0 aliphatic rings. The van der Waals surface area contributed by atoms with Gasteiger partial charge in [-0.1, -0.05) is 72.8 Å². The molecule has 0 saturated carbocycles. The highest BCUT2D eigenvalue weighted by atomic mass is 19.1. The molecule has 14 rings (SSSR count). The molecule has 0 atom stereocenters. The van der Waals surface area contributed by atoms with Crippen LogP contribution in [0.4, 0.5) is 56.1 Å². The minimum Gasteiger partial charge on any atom is -0.309 e. The summed E-state index contributed by atoms with van der Waals surface area (Å²) in [5, 5.41) is 5.31. The van der Waals surface area contributed by atoms with Crippen molar-refractivity contribution in [3.63, 3.8) is 0 Å². The molecule has 0 amide bonds. The lowest BCUT2D eigenvalue weighted by atomic mass is 10.1. The fraction of sp³-hybridized carbons (Fsp3) is 0. The van der Waals surface area contributed by atoms with Gasteiger partial charge in [-0.15, -0.1) is 0 Å². The quantitative estimate of drug-likeness (QED) is 0.134. The molecule has 0 aliphatic carbocycles. The topological polar surface area (TPSA) is 21.3 Å². The van der Waals surface area contributed by atoms with Gasteiger partial charge in [-0.25, -0.2) is 22.0 Å². The van der Waals surface area contributed by atoms with Gasteiger partial charge in [0, 0.05) is 84.3 Å². The number of para-hydroxylation sites is 4. The average Bonchev–Trinajstić information content (AvgIpc) is 4.10. The average molecular weight is 998 g/mol. The minimum absolute atomic E-state index is 0.122. The SMILES string of the molecule is Fc1ccc(-n2c3ccc(N(c4ccc5c(c4)c4ccccc4n5-c4ccccc4)c4ccc(F)cc4F)cc3c3cc(N(c4ccc5c(c4)c4ccccc4n5-c4ccccc4)c4ccc(F)cc4F)ccc32)cc1. The summed E-state index contributed by atoms with van der Waals surface area (Å²) in [6.07, 6.45) is 0. The van der Waals surface area contributed by atoms with E-state index in [0.29, 0.717) is 28.4 Å². The van der Waals surface area contributed by atoms with Crippen LogP contribution >= 0.6 is 0 Å². The Kier molecular flexibility index (Phi) is 10.4. The van der Waals surface area contributed by atoms with Crippen molar-refractivity contribution in [2.45, 2.75) is 0 Å². The van der Waals surface area contributed by atoms with E-state index in [-0.39, 0.29) is 11.4 Å². The number of halogens is 5. The first-order valence-corrected chi connectivity index (χ1v) is 24.8. The van der Waals surface area contributed by atoms with E-state index in [1.165, 1.54) is 36.4 Å². The summed E-state index contributed by atoms with van der Waals surface area (Å²) < 4.78 is 83.7. The zero-order chi connectivity index (χ0) is 51.2. The van der Waals surface area contributed by atoms with E-state index >= 15 is 8.78 Å².